The zero-order chi connectivity index (χ0) is 27.4. The van der Waals surface area contributed by atoms with Crippen molar-refractivity contribution in [1.29, 1.82) is 0 Å². The summed E-state index contributed by atoms with van der Waals surface area (Å²) >= 11 is 12.3. The van der Waals surface area contributed by atoms with Crippen molar-refractivity contribution in [3.05, 3.63) is 75.8 Å². The lowest BCUT2D eigenvalue weighted by molar-refractivity contribution is -0.141. The SMILES string of the molecule is CC[C@H](C(=O)N[C@@H](C)CC)N(Cc1ccc(Cl)c(Cl)c1)C(=O)CCCN1C(=O)c2cccc3cccc1c23. The van der Waals surface area contributed by atoms with Gasteiger partial charge >= 0.3 is 0 Å². The first-order valence-corrected chi connectivity index (χ1v) is 13.9. The predicted molar refractivity (Wildman–Crippen MR) is 154 cm³/mol. The summed E-state index contributed by atoms with van der Waals surface area (Å²) in [5.74, 6) is -0.368. The molecular formula is C30H33Cl2N3O3. The first-order valence-electron chi connectivity index (χ1n) is 13.1. The van der Waals surface area contributed by atoms with Crippen LogP contribution < -0.4 is 10.2 Å². The second-order valence-electron chi connectivity index (χ2n) is 9.75. The minimum Gasteiger partial charge on any atom is -0.352 e. The van der Waals surface area contributed by atoms with Crippen LogP contribution in [0.4, 0.5) is 5.69 Å². The highest BCUT2D eigenvalue weighted by Gasteiger charge is 2.31. The molecule has 1 N–H and O–H groups in total. The minimum atomic E-state index is -0.627. The van der Waals surface area contributed by atoms with Crippen molar-refractivity contribution >= 4 is 57.4 Å². The van der Waals surface area contributed by atoms with E-state index in [9.17, 15) is 14.4 Å². The molecule has 4 rings (SSSR count). The Kier molecular flexibility index (Phi) is 8.95. The summed E-state index contributed by atoms with van der Waals surface area (Å²) in [6.07, 6.45) is 1.93. The molecule has 0 bridgehead atoms. The van der Waals surface area contributed by atoms with Gasteiger partial charge in [0.15, 0.2) is 0 Å². The fourth-order valence-electron chi connectivity index (χ4n) is 4.93. The van der Waals surface area contributed by atoms with Gasteiger partial charge in [0.05, 0.1) is 15.7 Å². The summed E-state index contributed by atoms with van der Waals surface area (Å²) in [6, 6.07) is 16.2. The molecule has 8 heteroatoms. The zero-order valence-corrected chi connectivity index (χ0v) is 23.5. The molecule has 0 spiro atoms. The van der Waals surface area contributed by atoms with Gasteiger partial charge in [0.2, 0.25) is 11.8 Å². The first kappa shape index (κ1) is 27.9. The highest BCUT2D eigenvalue weighted by atomic mass is 35.5. The first-order chi connectivity index (χ1) is 18.2. The Labute approximate surface area is 233 Å². The summed E-state index contributed by atoms with van der Waals surface area (Å²) in [7, 11) is 0. The average molecular weight is 555 g/mol. The van der Waals surface area contributed by atoms with E-state index < -0.39 is 6.04 Å². The Morgan fingerprint density at radius 1 is 1.00 bits per heavy atom. The highest BCUT2D eigenvalue weighted by molar-refractivity contribution is 6.42. The van der Waals surface area contributed by atoms with Crippen molar-refractivity contribution in [2.24, 2.45) is 0 Å². The molecule has 1 aliphatic rings. The van der Waals surface area contributed by atoms with E-state index in [2.05, 4.69) is 5.32 Å². The summed E-state index contributed by atoms with van der Waals surface area (Å²) in [6.45, 7) is 6.49. The van der Waals surface area contributed by atoms with Crippen LogP contribution in [0.2, 0.25) is 10.0 Å². The number of halogens is 2. The van der Waals surface area contributed by atoms with Crippen LogP contribution in [-0.4, -0.2) is 41.2 Å². The Balaban J connectivity index is 1.50. The lowest BCUT2D eigenvalue weighted by Gasteiger charge is -2.32. The maximum atomic E-state index is 13.6. The summed E-state index contributed by atoms with van der Waals surface area (Å²) in [5, 5.41) is 5.83. The monoisotopic (exact) mass is 553 g/mol. The van der Waals surface area contributed by atoms with Crippen molar-refractivity contribution in [3.63, 3.8) is 0 Å². The van der Waals surface area contributed by atoms with Crippen molar-refractivity contribution in [3.8, 4) is 0 Å². The van der Waals surface area contributed by atoms with Crippen molar-refractivity contribution < 1.29 is 14.4 Å². The number of carbonyl (C=O) groups is 3. The summed E-state index contributed by atoms with van der Waals surface area (Å²) < 4.78 is 0. The molecule has 200 valence electrons. The van der Waals surface area contributed by atoms with Crippen LogP contribution in [-0.2, 0) is 16.1 Å². The molecule has 0 aliphatic carbocycles. The molecule has 0 aromatic heterocycles. The van der Waals surface area contributed by atoms with E-state index in [4.69, 9.17) is 23.2 Å². The van der Waals surface area contributed by atoms with Crippen LogP contribution in [0.5, 0.6) is 0 Å². The van der Waals surface area contributed by atoms with Gasteiger partial charge in [-0.3, -0.25) is 14.4 Å². The average Bonchev–Trinajstić information content (AvgIpc) is 3.18. The molecule has 3 aromatic rings. The fraction of sp³-hybridized carbons (Fsp3) is 0.367. The van der Waals surface area contributed by atoms with Gasteiger partial charge in [0.1, 0.15) is 6.04 Å². The number of benzene rings is 3. The lowest BCUT2D eigenvalue weighted by atomic mass is 10.1. The van der Waals surface area contributed by atoms with Gasteiger partial charge in [-0.15, -0.1) is 0 Å². The quantitative estimate of drug-likeness (QED) is 0.290. The second kappa shape index (κ2) is 12.2. The molecule has 1 heterocycles. The molecule has 3 aromatic carbocycles. The number of nitrogens with one attached hydrogen (secondary N) is 1. The van der Waals surface area contributed by atoms with E-state index in [1.54, 1.807) is 21.9 Å². The van der Waals surface area contributed by atoms with Gasteiger partial charge in [-0.05, 0) is 61.4 Å². The van der Waals surface area contributed by atoms with Gasteiger partial charge in [0.25, 0.3) is 5.91 Å². The number of hydrogen-bond acceptors (Lipinski definition) is 3. The lowest BCUT2D eigenvalue weighted by Crippen LogP contribution is -2.50. The molecule has 0 fully saturated rings. The molecule has 38 heavy (non-hydrogen) atoms. The van der Waals surface area contributed by atoms with E-state index >= 15 is 0 Å². The standard InChI is InChI=1S/C30H33Cl2N3O3/c1-4-19(3)33-29(37)25(5-2)35(18-20-14-15-23(31)24(32)17-20)27(36)13-8-16-34-26-12-7-10-21-9-6-11-22(28(21)26)30(34)38/h6-7,9-12,14-15,17,19,25H,4-5,8,13,16,18H2,1-3H3,(H,33,37)/t19-,25+/m0/s1. The van der Waals surface area contributed by atoms with Gasteiger partial charge in [-0.2, -0.15) is 0 Å². The predicted octanol–water partition coefficient (Wildman–Crippen LogP) is 6.61. The Hall–Kier alpha value is -3.09. The Bertz CT molecular complexity index is 1350. The van der Waals surface area contributed by atoms with Gasteiger partial charge < -0.3 is 15.1 Å². The highest BCUT2D eigenvalue weighted by Crippen LogP contribution is 2.37. The van der Waals surface area contributed by atoms with Crippen LogP contribution in [0.1, 0.15) is 62.4 Å². The topological polar surface area (TPSA) is 69.7 Å². The molecule has 0 saturated heterocycles. The molecule has 3 amide bonds. The van der Waals surface area contributed by atoms with E-state index in [0.717, 1.165) is 28.4 Å². The van der Waals surface area contributed by atoms with Gasteiger partial charge in [-0.25, -0.2) is 0 Å². The van der Waals surface area contributed by atoms with Crippen LogP contribution in [0.25, 0.3) is 10.8 Å². The summed E-state index contributed by atoms with van der Waals surface area (Å²) in [4.78, 5) is 43.3. The molecule has 0 radical (unpaired) electrons. The Morgan fingerprint density at radius 3 is 2.42 bits per heavy atom. The number of carbonyl (C=O) groups excluding carboxylic acids is 3. The summed E-state index contributed by atoms with van der Waals surface area (Å²) in [5.41, 5.74) is 2.36. The molecule has 6 nitrogen and oxygen atoms in total. The number of anilines is 1. The normalized spacial score (nSPS) is 14.0. The number of hydrogen-bond donors (Lipinski definition) is 1. The molecular weight excluding hydrogens is 521 g/mol. The van der Waals surface area contributed by atoms with Crippen LogP contribution >= 0.6 is 23.2 Å². The number of rotatable bonds is 11. The van der Waals surface area contributed by atoms with Crippen molar-refractivity contribution in [2.75, 3.05) is 11.4 Å². The Morgan fingerprint density at radius 2 is 1.74 bits per heavy atom. The maximum Gasteiger partial charge on any atom is 0.258 e. The zero-order valence-electron chi connectivity index (χ0n) is 22.0. The van der Waals surface area contributed by atoms with E-state index in [1.807, 2.05) is 63.2 Å². The van der Waals surface area contributed by atoms with E-state index in [0.29, 0.717) is 35.0 Å². The fourth-order valence-corrected chi connectivity index (χ4v) is 5.25. The molecule has 0 unspecified atom stereocenters. The van der Waals surface area contributed by atoms with Crippen LogP contribution in [0.3, 0.4) is 0 Å². The van der Waals surface area contributed by atoms with Crippen LogP contribution in [0.15, 0.2) is 54.6 Å². The minimum absolute atomic E-state index is 0.00370. The molecule has 0 saturated carbocycles. The number of nitrogens with zero attached hydrogens (tertiary/aromatic N) is 2. The third-order valence-corrected chi connectivity index (χ3v) is 7.88. The molecule has 2 atom stereocenters. The third-order valence-electron chi connectivity index (χ3n) is 7.15. The third kappa shape index (κ3) is 5.82. The van der Waals surface area contributed by atoms with E-state index in [-0.39, 0.29) is 36.7 Å². The largest absolute Gasteiger partial charge is 0.352 e. The van der Waals surface area contributed by atoms with Crippen LogP contribution in [0, 0.1) is 0 Å². The molecule has 1 aliphatic heterocycles. The smallest absolute Gasteiger partial charge is 0.258 e. The second-order valence-corrected chi connectivity index (χ2v) is 10.6. The van der Waals surface area contributed by atoms with Gasteiger partial charge in [-0.1, -0.05) is 67.4 Å². The van der Waals surface area contributed by atoms with Crippen molar-refractivity contribution in [2.45, 2.75) is 65.1 Å². The maximum absolute atomic E-state index is 13.6. The van der Waals surface area contributed by atoms with Gasteiger partial charge in [0, 0.05) is 36.5 Å². The van der Waals surface area contributed by atoms with E-state index in [1.165, 1.54) is 0 Å². The van der Waals surface area contributed by atoms with Crippen molar-refractivity contribution in [1.82, 2.24) is 10.2 Å². The number of amides is 3.